The van der Waals surface area contributed by atoms with Gasteiger partial charge in [-0.2, -0.15) is 17.6 Å². The van der Waals surface area contributed by atoms with Gasteiger partial charge in [0.25, 0.3) is 0 Å². The standard InChI is InChI=1S/C8H9BrF6O/c9-5-3-1-2-4-6(10)7(11,16-15)8(12,13)14/h1-2,6H,3-5H2/b2-1+. The number of hydrogen-bond acceptors (Lipinski definition) is 1. The molecule has 0 aliphatic rings. The Morgan fingerprint density at radius 2 is 1.75 bits per heavy atom. The zero-order valence-electron chi connectivity index (χ0n) is 7.91. The maximum Gasteiger partial charge on any atom is 0.454 e. The van der Waals surface area contributed by atoms with Crippen molar-refractivity contribution in [1.82, 2.24) is 0 Å². The van der Waals surface area contributed by atoms with Crippen molar-refractivity contribution in [3.05, 3.63) is 12.2 Å². The highest BCUT2D eigenvalue weighted by Crippen LogP contribution is 2.40. The van der Waals surface area contributed by atoms with E-state index in [-0.39, 0.29) is 0 Å². The summed E-state index contributed by atoms with van der Waals surface area (Å²) in [7, 11) is 0. The number of rotatable bonds is 6. The van der Waals surface area contributed by atoms with E-state index < -0.39 is 24.6 Å². The third-order valence-electron chi connectivity index (χ3n) is 1.69. The lowest BCUT2D eigenvalue weighted by atomic mass is 10.1. The number of halogens is 7. The van der Waals surface area contributed by atoms with E-state index in [1.165, 1.54) is 6.08 Å². The molecular formula is C8H9BrF6O. The van der Waals surface area contributed by atoms with Crippen molar-refractivity contribution in [3.8, 4) is 0 Å². The molecule has 0 N–H and O–H groups in total. The second-order valence-electron chi connectivity index (χ2n) is 2.87. The predicted molar refractivity (Wildman–Crippen MR) is 49.2 cm³/mol. The average Bonchev–Trinajstić information content (AvgIpc) is 2.21. The van der Waals surface area contributed by atoms with Gasteiger partial charge in [0.1, 0.15) is 0 Å². The predicted octanol–water partition coefficient (Wildman–Crippen LogP) is 4.19. The molecule has 0 heterocycles. The molecule has 0 bridgehead atoms. The zero-order chi connectivity index (χ0) is 12.8. The Bertz CT molecular complexity index is 231. The smallest absolute Gasteiger partial charge is 0.240 e. The molecule has 96 valence electrons. The number of hydrogen-bond donors (Lipinski definition) is 0. The molecule has 0 fully saturated rings. The molecule has 0 aromatic rings. The van der Waals surface area contributed by atoms with E-state index in [1.54, 1.807) is 0 Å². The molecule has 16 heavy (non-hydrogen) atoms. The van der Waals surface area contributed by atoms with Gasteiger partial charge in [-0.25, -0.2) is 4.39 Å². The second kappa shape index (κ2) is 6.48. The molecule has 0 radical (unpaired) electrons. The van der Waals surface area contributed by atoms with E-state index in [4.69, 9.17) is 0 Å². The highest BCUT2D eigenvalue weighted by atomic mass is 79.9. The fraction of sp³-hybridized carbons (Fsp3) is 0.750. The summed E-state index contributed by atoms with van der Waals surface area (Å²) < 4.78 is 72.9. The van der Waals surface area contributed by atoms with Gasteiger partial charge < -0.3 is 0 Å². The van der Waals surface area contributed by atoms with Crippen molar-refractivity contribution in [2.24, 2.45) is 0 Å². The normalized spacial score (nSPS) is 18.7. The molecule has 2 atom stereocenters. The molecule has 0 amide bonds. The van der Waals surface area contributed by atoms with Gasteiger partial charge in [0.05, 0.1) is 0 Å². The lowest BCUT2D eigenvalue weighted by Gasteiger charge is -2.25. The molecule has 0 spiro atoms. The van der Waals surface area contributed by atoms with Crippen LogP contribution in [-0.2, 0) is 4.94 Å². The van der Waals surface area contributed by atoms with Crippen molar-refractivity contribution < 1.29 is 31.4 Å². The fourth-order valence-corrected chi connectivity index (χ4v) is 1.08. The van der Waals surface area contributed by atoms with Crippen molar-refractivity contribution in [3.63, 3.8) is 0 Å². The first-order valence-corrected chi connectivity index (χ1v) is 5.32. The largest absolute Gasteiger partial charge is 0.454 e. The van der Waals surface area contributed by atoms with Crippen molar-refractivity contribution in [1.29, 1.82) is 0 Å². The van der Waals surface area contributed by atoms with Crippen LogP contribution in [0.25, 0.3) is 0 Å². The zero-order valence-corrected chi connectivity index (χ0v) is 9.49. The highest BCUT2D eigenvalue weighted by molar-refractivity contribution is 9.09. The Morgan fingerprint density at radius 1 is 1.19 bits per heavy atom. The second-order valence-corrected chi connectivity index (χ2v) is 3.67. The van der Waals surface area contributed by atoms with Gasteiger partial charge in [0.15, 0.2) is 6.17 Å². The van der Waals surface area contributed by atoms with Crippen LogP contribution in [0.15, 0.2) is 12.2 Å². The van der Waals surface area contributed by atoms with Gasteiger partial charge in [0, 0.05) is 11.8 Å². The topological polar surface area (TPSA) is 9.23 Å². The van der Waals surface area contributed by atoms with Crippen LogP contribution < -0.4 is 0 Å². The summed E-state index contributed by atoms with van der Waals surface area (Å²) in [6.45, 7) is 0. The van der Waals surface area contributed by atoms with E-state index in [9.17, 15) is 26.5 Å². The maximum atomic E-state index is 12.9. The van der Waals surface area contributed by atoms with Crippen LogP contribution in [0.5, 0.6) is 0 Å². The van der Waals surface area contributed by atoms with Crippen molar-refractivity contribution >= 4 is 15.9 Å². The van der Waals surface area contributed by atoms with E-state index in [2.05, 4.69) is 20.9 Å². The molecule has 0 aliphatic heterocycles. The van der Waals surface area contributed by atoms with E-state index in [1.807, 2.05) is 0 Å². The Kier molecular flexibility index (Phi) is 6.39. The number of allylic oxidation sites excluding steroid dienone is 2. The third-order valence-corrected chi connectivity index (χ3v) is 2.14. The molecule has 2 unspecified atom stereocenters. The lowest BCUT2D eigenvalue weighted by Crippen LogP contribution is -2.49. The third kappa shape index (κ3) is 3.97. The van der Waals surface area contributed by atoms with Gasteiger partial charge in [-0.3, -0.25) is 0 Å². The maximum absolute atomic E-state index is 12.9. The Morgan fingerprint density at radius 3 is 2.12 bits per heavy atom. The summed E-state index contributed by atoms with van der Waals surface area (Å²) >= 11 is 3.02. The molecule has 0 saturated heterocycles. The first-order valence-electron chi connectivity index (χ1n) is 4.20. The first kappa shape index (κ1) is 15.8. The molecule has 0 aromatic carbocycles. The Hall–Kier alpha value is -0.240. The number of alkyl halides is 6. The monoisotopic (exact) mass is 314 g/mol. The van der Waals surface area contributed by atoms with Gasteiger partial charge in [0.2, 0.25) is 0 Å². The van der Waals surface area contributed by atoms with Crippen LogP contribution in [0.1, 0.15) is 12.8 Å². The van der Waals surface area contributed by atoms with E-state index in [0.717, 1.165) is 6.08 Å². The molecule has 0 aliphatic carbocycles. The van der Waals surface area contributed by atoms with Gasteiger partial charge >= 0.3 is 12.0 Å². The molecule has 1 nitrogen and oxygen atoms in total. The Balaban J connectivity index is 4.48. The van der Waals surface area contributed by atoms with Crippen LogP contribution in [-0.4, -0.2) is 23.5 Å². The van der Waals surface area contributed by atoms with Gasteiger partial charge in [-0.1, -0.05) is 28.1 Å². The van der Waals surface area contributed by atoms with Gasteiger partial charge in [-0.15, -0.1) is 4.94 Å². The minimum absolute atomic E-state index is 0.439. The van der Waals surface area contributed by atoms with E-state index in [0.29, 0.717) is 11.8 Å². The van der Waals surface area contributed by atoms with Crippen LogP contribution in [0.3, 0.4) is 0 Å². The summed E-state index contributed by atoms with van der Waals surface area (Å²) in [5.41, 5.74) is 0. The minimum Gasteiger partial charge on any atom is -0.240 e. The molecule has 0 aromatic heterocycles. The van der Waals surface area contributed by atoms with Crippen molar-refractivity contribution in [2.75, 3.05) is 5.33 Å². The minimum atomic E-state index is -5.76. The summed E-state index contributed by atoms with van der Waals surface area (Å²) in [6.07, 6.45) is -7.06. The summed E-state index contributed by atoms with van der Waals surface area (Å²) in [4.78, 5) is 2.11. The summed E-state index contributed by atoms with van der Waals surface area (Å²) in [5, 5.41) is 0.528. The molecular weight excluding hydrogens is 306 g/mol. The van der Waals surface area contributed by atoms with Crippen LogP contribution in [0, 0.1) is 0 Å². The summed E-state index contributed by atoms with van der Waals surface area (Å²) in [6, 6.07) is 0. The van der Waals surface area contributed by atoms with Crippen LogP contribution in [0.2, 0.25) is 0 Å². The fourth-order valence-electron chi connectivity index (χ4n) is 0.818. The molecule has 0 saturated carbocycles. The summed E-state index contributed by atoms with van der Waals surface area (Å²) in [5.74, 6) is -4.91. The van der Waals surface area contributed by atoms with E-state index >= 15 is 0 Å². The highest BCUT2D eigenvalue weighted by Gasteiger charge is 2.64. The molecule has 8 heteroatoms. The van der Waals surface area contributed by atoms with Crippen LogP contribution >= 0.6 is 15.9 Å². The molecule has 0 rings (SSSR count). The first-order chi connectivity index (χ1) is 7.29. The van der Waals surface area contributed by atoms with Crippen LogP contribution in [0.4, 0.5) is 26.5 Å². The Labute approximate surface area is 96.5 Å². The SMILES string of the molecule is FOC(F)(C(F)C/C=C/CCBr)C(F)(F)F. The average molecular weight is 315 g/mol. The van der Waals surface area contributed by atoms with Crippen molar-refractivity contribution in [2.45, 2.75) is 31.0 Å². The van der Waals surface area contributed by atoms with Gasteiger partial charge in [-0.05, 0) is 10.9 Å². The quantitative estimate of drug-likeness (QED) is 0.406. The lowest BCUT2D eigenvalue weighted by molar-refractivity contribution is -0.417.